The maximum atomic E-state index is 13.2. The molecule has 0 N–H and O–H groups in total. The number of benzene rings is 2. The van der Waals surface area contributed by atoms with Crippen LogP contribution in [0.5, 0.6) is 0 Å². The normalized spacial score (nSPS) is 12.3. The largest absolute Gasteiger partial charge is 0.435 e. The number of aromatic nitrogens is 2. The summed E-state index contributed by atoms with van der Waals surface area (Å²) in [6, 6.07) is 13.6. The van der Waals surface area contributed by atoms with Crippen LogP contribution in [0, 0.1) is 6.92 Å². The predicted octanol–water partition coefficient (Wildman–Crippen LogP) is 4.27. The molecular weight excluding hydrogens is 365 g/mol. The van der Waals surface area contributed by atoms with E-state index in [9.17, 15) is 21.6 Å². The fourth-order valence-electron chi connectivity index (χ4n) is 2.55. The molecule has 0 fully saturated rings. The molecule has 0 aliphatic heterocycles. The van der Waals surface area contributed by atoms with E-state index in [2.05, 4.69) is 5.10 Å². The Morgan fingerprint density at radius 3 is 2.19 bits per heavy atom. The van der Waals surface area contributed by atoms with Crippen LogP contribution in [-0.2, 0) is 16.0 Å². The van der Waals surface area contributed by atoms with Crippen molar-refractivity contribution < 1.29 is 21.6 Å². The molecule has 0 saturated carbocycles. The molecule has 8 heteroatoms. The Morgan fingerprint density at radius 2 is 1.65 bits per heavy atom. The van der Waals surface area contributed by atoms with E-state index in [1.54, 1.807) is 18.2 Å². The minimum atomic E-state index is -4.59. The van der Waals surface area contributed by atoms with E-state index in [0.29, 0.717) is 11.3 Å². The van der Waals surface area contributed by atoms with Crippen LogP contribution in [0.4, 0.5) is 13.2 Å². The summed E-state index contributed by atoms with van der Waals surface area (Å²) < 4.78 is 63.8. The van der Waals surface area contributed by atoms with Crippen molar-refractivity contribution >= 4 is 9.84 Å². The predicted molar refractivity (Wildman–Crippen MR) is 91.8 cm³/mol. The quantitative estimate of drug-likeness (QED) is 0.682. The van der Waals surface area contributed by atoms with Crippen molar-refractivity contribution in [2.75, 3.05) is 6.26 Å². The molecule has 0 unspecified atom stereocenters. The fourth-order valence-corrected chi connectivity index (χ4v) is 3.19. The van der Waals surface area contributed by atoms with Gasteiger partial charge in [-0.2, -0.15) is 18.3 Å². The van der Waals surface area contributed by atoms with Crippen molar-refractivity contribution in [1.82, 2.24) is 9.78 Å². The van der Waals surface area contributed by atoms with Crippen LogP contribution >= 0.6 is 0 Å². The SMILES string of the molecule is Cc1cccc(-n2nc(C(F)(F)F)cc2-c2ccc(S(C)(=O)=O)cc2)c1. The zero-order valence-electron chi connectivity index (χ0n) is 13.9. The van der Waals surface area contributed by atoms with E-state index < -0.39 is 21.7 Å². The summed E-state index contributed by atoms with van der Waals surface area (Å²) in [7, 11) is -3.39. The number of sulfone groups is 1. The maximum Gasteiger partial charge on any atom is 0.435 e. The molecule has 0 aliphatic carbocycles. The molecule has 3 aromatic rings. The van der Waals surface area contributed by atoms with Crippen molar-refractivity contribution in [2.24, 2.45) is 0 Å². The van der Waals surface area contributed by atoms with E-state index in [1.807, 2.05) is 13.0 Å². The standard InChI is InChI=1S/C18H15F3N2O2S/c1-12-4-3-5-14(10-12)23-16(11-17(22-23)18(19,20)21)13-6-8-15(9-7-13)26(2,24)25/h3-11H,1-2H3. The molecule has 1 heterocycles. The number of alkyl halides is 3. The van der Waals surface area contributed by atoms with E-state index in [1.165, 1.54) is 28.9 Å². The summed E-state index contributed by atoms with van der Waals surface area (Å²) in [5.41, 5.74) is 1.01. The lowest BCUT2D eigenvalue weighted by Gasteiger charge is -2.09. The molecule has 0 aliphatic rings. The molecule has 26 heavy (non-hydrogen) atoms. The summed E-state index contributed by atoms with van der Waals surface area (Å²) in [6.45, 7) is 1.83. The Labute approximate surface area is 148 Å². The molecule has 136 valence electrons. The third-order valence-corrected chi connectivity index (χ3v) is 4.95. The Hall–Kier alpha value is -2.61. The van der Waals surface area contributed by atoms with Gasteiger partial charge in [0.2, 0.25) is 0 Å². The minimum Gasteiger partial charge on any atom is -0.232 e. The smallest absolute Gasteiger partial charge is 0.232 e. The Bertz CT molecular complexity index is 1050. The molecule has 4 nitrogen and oxygen atoms in total. The van der Waals surface area contributed by atoms with Crippen LogP contribution < -0.4 is 0 Å². The first kappa shape index (κ1) is 18.2. The average Bonchev–Trinajstić information content (AvgIpc) is 3.00. The van der Waals surface area contributed by atoms with Gasteiger partial charge in [-0.05, 0) is 42.8 Å². The Balaban J connectivity index is 2.18. The van der Waals surface area contributed by atoms with Gasteiger partial charge in [0.15, 0.2) is 15.5 Å². The zero-order valence-corrected chi connectivity index (χ0v) is 14.8. The van der Waals surface area contributed by atoms with Crippen molar-refractivity contribution in [3.8, 4) is 16.9 Å². The van der Waals surface area contributed by atoms with Crippen LogP contribution in [0.25, 0.3) is 16.9 Å². The Kier molecular flexibility index (Phi) is 4.39. The minimum absolute atomic E-state index is 0.0962. The highest BCUT2D eigenvalue weighted by Gasteiger charge is 2.35. The fraction of sp³-hybridized carbons (Fsp3) is 0.167. The van der Waals surface area contributed by atoms with Crippen LogP contribution in [-0.4, -0.2) is 24.5 Å². The van der Waals surface area contributed by atoms with Gasteiger partial charge < -0.3 is 0 Å². The van der Waals surface area contributed by atoms with Crippen molar-refractivity contribution in [2.45, 2.75) is 18.0 Å². The first-order valence-electron chi connectivity index (χ1n) is 7.60. The number of hydrogen-bond acceptors (Lipinski definition) is 3. The summed E-state index contributed by atoms with van der Waals surface area (Å²) in [5.74, 6) is 0. The van der Waals surface area contributed by atoms with E-state index in [0.717, 1.165) is 17.9 Å². The molecular formula is C18H15F3N2O2S. The van der Waals surface area contributed by atoms with Gasteiger partial charge in [-0.1, -0.05) is 24.3 Å². The summed E-state index contributed by atoms with van der Waals surface area (Å²) >= 11 is 0. The van der Waals surface area contributed by atoms with Gasteiger partial charge >= 0.3 is 6.18 Å². The van der Waals surface area contributed by atoms with E-state index >= 15 is 0 Å². The topological polar surface area (TPSA) is 52.0 Å². The number of hydrogen-bond donors (Lipinski definition) is 0. The lowest BCUT2D eigenvalue weighted by Crippen LogP contribution is -2.07. The van der Waals surface area contributed by atoms with Gasteiger partial charge in [0, 0.05) is 11.8 Å². The van der Waals surface area contributed by atoms with Crippen molar-refractivity contribution in [1.29, 1.82) is 0 Å². The Morgan fingerprint density at radius 1 is 1.00 bits per heavy atom. The second-order valence-corrected chi connectivity index (χ2v) is 7.98. The molecule has 0 bridgehead atoms. The molecule has 0 amide bonds. The molecule has 0 saturated heterocycles. The van der Waals surface area contributed by atoms with Crippen LogP contribution in [0.3, 0.4) is 0 Å². The van der Waals surface area contributed by atoms with E-state index in [-0.39, 0.29) is 10.6 Å². The molecule has 1 aromatic heterocycles. The second-order valence-electron chi connectivity index (χ2n) is 5.96. The van der Waals surface area contributed by atoms with Gasteiger partial charge in [-0.25, -0.2) is 13.1 Å². The van der Waals surface area contributed by atoms with Crippen LogP contribution in [0.15, 0.2) is 59.5 Å². The highest BCUT2D eigenvalue weighted by atomic mass is 32.2. The first-order chi connectivity index (χ1) is 12.1. The lowest BCUT2D eigenvalue weighted by molar-refractivity contribution is -0.141. The molecule has 2 aromatic carbocycles. The third kappa shape index (κ3) is 3.65. The van der Waals surface area contributed by atoms with Crippen molar-refractivity contribution in [3.63, 3.8) is 0 Å². The number of nitrogens with zero attached hydrogens (tertiary/aromatic N) is 2. The molecule has 3 rings (SSSR count). The van der Waals surface area contributed by atoms with Crippen LogP contribution in [0.1, 0.15) is 11.3 Å². The number of rotatable bonds is 3. The number of halogens is 3. The van der Waals surface area contributed by atoms with Crippen molar-refractivity contribution in [3.05, 3.63) is 65.9 Å². The van der Waals surface area contributed by atoms with Gasteiger partial charge in [-0.15, -0.1) is 0 Å². The first-order valence-corrected chi connectivity index (χ1v) is 9.49. The second kappa shape index (κ2) is 6.28. The van der Waals surface area contributed by atoms with Crippen LogP contribution in [0.2, 0.25) is 0 Å². The van der Waals surface area contributed by atoms with Gasteiger partial charge in [0.05, 0.1) is 16.3 Å². The third-order valence-electron chi connectivity index (χ3n) is 3.82. The van der Waals surface area contributed by atoms with E-state index in [4.69, 9.17) is 0 Å². The highest BCUT2D eigenvalue weighted by molar-refractivity contribution is 7.90. The average molecular weight is 380 g/mol. The summed E-state index contributed by atoms with van der Waals surface area (Å²) in [5, 5.41) is 3.71. The number of aryl methyl sites for hydroxylation is 1. The van der Waals surface area contributed by atoms with Gasteiger partial charge in [0.1, 0.15) is 0 Å². The monoisotopic (exact) mass is 380 g/mol. The van der Waals surface area contributed by atoms with Gasteiger partial charge in [-0.3, -0.25) is 0 Å². The summed E-state index contributed by atoms with van der Waals surface area (Å²) in [6.07, 6.45) is -3.52. The highest BCUT2D eigenvalue weighted by Crippen LogP contribution is 2.33. The maximum absolute atomic E-state index is 13.2. The van der Waals surface area contributed by atoms with Gasteiger partial charge in [0.25, 0.3) is 0 Å². The summed E-state index contributed by atoms with van der Waals surface area (Å²) in [4.78, 5) is 0.0962. The lowest BCUT2D eigenvalue weighted by atomic mass is 10.1. The zero-order chi connectivity index (χ0) is 19.1. The molecule has 0 atom stereocenters. The molecule has 0 radical (unpaired) electrons. The molecule has 0 spiro atoms.